The predicted octanol–water partition coefficient (Wildman–Crippen LogP) is -1.35. The number of nitrogens with one attached hydrogen (secondary N) is 2. The fourth-order valence-corrected chi connectivity index (χ4v) is 0.881. The van der Waals surface area contributed by atoms with Crippen molar-refractivity contribution >= 4 is 17.9 Å². The lowest BCUT2D eigenvalue weighted by molar-refractivity contribution is -0.140. The number of rotatable bonds is 6. The summed E-state index contributed by atoms with van der Waals surface area (Å²) in [5.41, 5.74) is 3.78. The number of carbonyl (C=O) groups excluding carboxylic acids is 2. The molecule has 0 fully saturated rings. The van der Waals surface area contributed by atoms with Gasteiger partial charge in [-0.1, -0.05) is 0 Å². The first-order chi connectivity index (χ1) is 7.70. The quantitative estimate of drug-likeness (QED) is 0.461. The van der Waals surface area contributed by atoms with E-state index >= 15 is 0 Å². The maximum absolute atomic E-state index is 11.4. The maximum Gasteiger partial charge on any atom is 0.328 e. The standard InChI is InChI=1S/C9H17N3O5/c1-9(2,7(10)15)12-8(16)11-5(4-17-3)6(13)14/h5H,4H2,1-3H3,(H2,10,15)(H,13,14)(H2,11,12,16). The average Bonchev–Trinajstić information content (AvgIpc) is 2.15. The third kappa shape index (κ3) is 5.16. The van der Waals surface area contributed by atoms with Crippen LogP contribution in [-0.4, -0.2) is 48.3 Å². The van der Waals surface area contributed by atoms with E-state index in [1.165, 1.54) is 21.0 Å². The summed E-state index contributed by atoms with van der Waals surface area (Å²) in [6.07, 6.45) is 0. The Bertz CT molecular complexity index is 316. The minimum absolute atomic E-state index is 0.181. The molecule has 0 radical (unpaired) electrons. The van der Waals surface area contributed by atoms with Crippen molar-refractivity contribution < 1.29 is 24.2 Å². The molecule has 5 N–H and O–H groups in total. The lowest BCUT2D eigenvalue weighted by atomic mass is 10.1. The van der Waals surface area contributed by atoms with Crippen molar-refractivity contribution in [1.29, 1.82) is 0 Å². The highest BCUT2D eigenvalue weighted by atomic mass is 16.5. The lowest BCUT2D eigenvalue weighted by Crippen LogP contribution is -2.58. The minimum atomic E-state index is -1.26. The second-order valence-electron chi connectivity index (χ2n) is 3.93. The number of hydrogen-bond donors (Lipinski definition) is 4. The smallest absolute Gasteiger partial charge is 0.328 e. The number of nitrogens with two attached hydrogens (primary N) is 1. The lowest BCUT2D eigenvalue weighted by Gasteiger charge is -2.23. The second kappa shape index (κ2) is 6.04. The number of carboxylic acid groups (broad SMARTS) is 1. The second-order valence-corrected chi connectivity index (χ2v) is 3.93. The number of hydrogen-bond acceptors (Lipinski definition) is 4. The first kappa shape index (κ1) is 15.2. The van der Waals surface area contributed by atoms with Crippen LogP contribution in [0.15, 0.2) is 0 Å². The number of amides is 3. The Hall–Kier alpha value is -1.83. The van der Waals surface area contributed by atoms with E-state index in [0.29, 0.717) is 0 Å². The molecule has 1 unspecified atom stereocenters. The molecule has 0 aliphatic carbocycles. The topological polar surface area (TPSA) is 131 Å². The molecule has 0 aromatic rings. The Morgan fingerprint density at radius 2 is 1.94 bits per heavy atom. The Labute approximate surface area is 98.5 Å². The number of ether oxygens (including phenoxy) is 1. The van der Waals surface area contributed by atoms with E-state index in [1.807, 2.05) is 0 Å². The summed E-state index contributed by atoms with van der Waals surface area (Å²) in [7, 11) is 1.31. The molecule has 0 aliphatic heterocycles. The van der Waals surface area contributed by atoms with Gasteiger partial charge in [-0.3, -0.25) is 4.79 Å². The highest BCUT2D eigenvalue weighted by molar-refractivity contribution is 5.90. The van der Waals surface area contributed by atoms with Crippen LogP contribution in [0.4, 0.5) is 4.79 Å². The van der Waals surface area contributed by atoms with E-state index in [2.05, 4.69) is 15.4 Å². The zero-order valence-corrected chi connectivity index (χ0v) is 9.94. The SMILES string of the molecule is COCC(NC(=O)NC(C)(C)C(N)=O)C(=O)O. The van der Waals surface area contributed by atoms with Gasteiger partial charge in [-0.2, -0.15) is 0 Å². The number of carboxylic acids is 1. The molecule has 0 spiro atoms. The Balaban J connectivity index is 4.43. The van der Waals surface area contributed by atoms with Crippen molar-refractivity contribution in [1.82, 2.24) is 10.6 Å². The number of aliphatic carboxylic acids is 1. The van der Waals surface area contributed by atoms with E-state index in [4.69, 9.17) is 10.8 Å². The summed E-state index contributed by atoms with van der Waals surface area (Å²) in [5.74, 6) is -1.97. The molecule has 0 heterocycles. The van der Waals surface area contributed by atoms with Crippen LogP contribution in [-0.2, 0) is 14.3 Å². The zero-order valence-electron chi connectivity index (χ0n) is 9.94. The first-order valence-corrected chi connectivity index (χ1v) is 4.81. The molecule has 0 aliphatic rings. The molecule has 0 bridgehead atoms. The van der Waals surface area contributed by atoms with Crippen molar-refractivity contribution in [2.75, 3.05) is 13.7 Å². The van der Waals surface area contributed by atoms with Crippen molar-refractivity contribution in [2.45, 2.75) is 25.4 Å². The van der Waals surface area contributed by atoms with Crippen molar-refractivity contribution in [3.63, 3.8) is 0 Å². The molecule has 0 rings (SSSR count). The zero-order chi connectivity index (χ0) is 13.6. The molecule has 98 valence electrons. The summed E-state index contributed by atoms with van der Waals surface area (Å²) in [5, 5.41) is 13.1. The van der Waals surface area contributed by atoms with Gasteiger partial charge in [0.2, 0.25) is 5.91 Å². The molecule has 17 heavy (non-hydrogen) atoms. The van der Waals surface area contributed by atoms with Gasteiger partial charge in [-0.05, 0) is 13.8 Å². The van der Waals surface area contributed by atoms with E-state index in [1.54, 1.807) is 0 Å². The van der Waals surface area contributed by atoms with Crippen molar-refractivity contribution in [3.8, 4) is 0 Å². The fraction of sp³-hybridized carbons (Fsp3) is 0.667. The van der Waals surface area contributed by atoms with E-state index < -0.39 is 29.5 Å². The summed E-state index contributed by atoms with van der Waals surface area (Å²) >= 11 is 0. The van der Waals surface area contributed by atoms with E-state index in [9.17, 15) is 14.4 Å². The van der Waals surface area contributed by atoms with Crippen molar-refractivity contribution in [3.05, 3.63) is 0 Å². The number of methoxy groups -OCH3 is 1. The highest BCUT2D eigenvalue weighted by Crippen LogP contribution is 1.99. The summed E-state index contributed by atoms with van der Waals surface area (Å²) in [4.78, 5) is 33.1. The van der Waals surface area contributed by atoms with Gasteiger partial charge in [-0.15, -0.1) is 0 Å². The fourth-order valence-electron chi connectivity index (χ4n) is 0.881. The highest BCUT2D eigenvalue weighted by Gasteiger charge is 2.28. The van der Waals surface area contributed by atoms with Gasteiger partial charge in [-0.25, -0.2) is 9.59 Å². The molecule has 0 saturated carbocycles. The number of primary amides is 1. The van der Waals surface area contributed by atoms with Gasteiger partial charge in [0, 0.05) is 7.11 Å². The summed E-state index contributed by atoms with van der Waals surface area (Å²) < 4.78 is 4.63. The number of urea groups is 1. The molecule has 0 saturated heterocycles. The predicted molar refractivity (Wildman–Crippen MR) is 58.2 cm³/mol. The molecule has 0 aromatic carbocycles. The Morgan fingerprint density at radius 3 is 2.29 bits per heavy atom. The molecule has 8 heteroatoms. The van der Waals surface area contributed by atoms with Crippen LogP contribution in [0.3, 0.4) is 0 Å². The maximum atomic E-state index is 11.4. The molecule has 3 amide bonds. The van der Waals surface area contributed by atoms with Gasteiger partial charge >= 0.3 is 12.0 Å². The monoisotopic (exact) mass is 247 g/mol. The van der Waals surface area contributed by atoms with Gasteiger partial charge in [0.15, 0.2) is 6.04 Å². The summed E-state index contributed by atoms with van der Waals surface area (Å²) in [6.45, 7) is 2.63. The number of carbonyl (C=O) groups is 3. The molecule has 0 aromatic heterocycles. The largest absolute Gasteiger partial charge is 0.480 e. The van der Waals surface area contributed by atoms with Gasteiger partial charge in [0.05, 0.1) is 6.61 Å². The molecular formula is C9H17N3O5. The summed E-state index contributed by atoms with van der Waals surface area (Å²) in [6, 6.07) is -2.00. The van der Waals surface area contributed by atoms with Crippen LogP contribution in [0.2, 0.25) is 0 Å². The van der Waals surface area contributed by atoms with E-state index in [-0.39, 0.29) is 6.61 Å². The average molecular weight is 247 g/mol. The van der Waals surface area contributed by atoms with E-state index in [0.717, 1.165) is 0 Å². The molecule has 1 atom stereocenters. The molecular weight excluding hydrogens is 230 g/mol. The normalized spacial score (nSPS) is 12.6. The van der Waals surface area contributed by atoms with Crippen LogP contribution in [0.5, 0.6) is 0 Å². The first-order valence-electron chi connectivity index (χ1n) is 4.81. The van der Waals surface area contributed by atoms with Gasteiger partial charge in [0.25, 0.3) is 0 Å². The van der Waals surface area contributed by atoms with Gasteiger partial charge < -0.3 is 26.2 Å². The van der Waals surface area contributed by atoms with Gasteiger partial charge in [0.1, 0.15) is 5.54 Å². The molecule has 8 nitrogen and oxygen atoms in total. The minimum Gasteiger partial charge on any atom is -0.480 e. The van der Waals surface area contributed by atoms with Crippen LogP contribution in [0, 0.1) is 0 Å². The van der Waals surface area contributed by atoms with Crippen molar-refractivity contribution in [2.24, 2.45) is 5.73 Å². The van der Waals surface area contributed by atoms with Crippen LogP contribution in [0.1, 0.15) is 13.8 Å². The third-order valence-corrected chi connectivity index (χ3v) is 1.98. The third-order valence-electron chi connectivity index (χ3n) is 1.98. The van der Waals surface area contributed by atoms with Crippen LogP contribution in [0.25, 0.3) is 0 Å². The Morgan fingerprint density at radius 1 is 1.41 bits per heavy atom. The Kier molecular flexibility index (Phi) is 5.39. The van der Waals surface area contributed by atoms with Crippen LogP contribution >= 0.6 is 0 Å². The van der Waals surface area contributed by atoms with Crippen LogP contribution < -0.4 is 16.4 Å².